The Morgan fingerprint density at radius 3 is 2.62 bits per heavy atom. The van der Waals surface area contributed by atoms with Crippen molar-refractivity contribution in [2.45, 2.75) is 51.2 Å². The molecule has 0 saturated heterocycles. The molecule has 186 valence electrons. The van der Waals surface area contributed by atoms with E-state index in [-0.39, 0.29) is 42.4 Å². The number of rotatable bonds is 7. The van der Waals surface area contributed by atoms with Gasteiger partial charge in [0.2, 0.25) is 11.8 Å². The minimum absolute atomic E-state index is 0.0929. The summed E-state index contributed by atoms with van der Waals surface area (Å²) in [5.41, 5.74) is 0.937. The second kappa shape index (κ2) is 11.2. The predicted octanol–water partition coefficient (Wildman–Crippen LogP) is 1.44. The third kappa shape index (κ3) is 5.98. The van der Waals surface area contributed by atoms with Gasteiger partial charge in [0.05, 0.1) is 20.3 Å². The number of carbonyl (C=O) groups excluding carboxylic acids is 3. The van der Waals surface area contributed by atoms with Crippen LogP contribution in [0.25, 0.3) is 0 Å². The molecule has 1 aliphatic heterocycles. The lowest BCUT2D eigenvalue weighted by Crippen LogP contribution is -2.54. The van der Waals surface area contributed by atoms with Crippen LogP contribution < -0.4 is 20.1 Å². The van der Waals surface area contributed by atoms with Gasteiger partial charge in [0.25, 0.3) is 0 Å². The summed E-state index contributed by atoms with van der Waals surface area (Å²) in [7, 11) is 5.13. The standard InChI is InChI=1S/C24H34N4O6/c1-6-33-21-11-15(7-10-20(21)32-5)17-12-16(34-14(2)29)8-9-19(17)26-22(30)18-13-25-24(28(3)4)27-23(18)31/h7,10-11,16-19H,6,8-9,12-13H2,1-5H3,(H,26,30)(H,25,27,31)/t16-,17-,18?,19-/m1/s1. The highest BCUT2D eigenvalue weighted by Gasteiger charge is 2.38. The molecule has 10 heteroatoms. The van der Waals surface area contributed by atoms with Crippen LogP contribution in [0.5, 0.6) is 11.5 Å². The zero-order valence-corrected chi connectivity index (χ0v) is 20.4. The number of benzene rings is 1. The second-order valence-corrected chi connectivity index (χ2v) is 8.71. The molecular weight excluding hydrogens is 440 g/mol. The maximum atomic E-state index is 13.1. The lowest BCUT2D eigenvalue weighted by Gasteiger charge is -2.37. The summed E-state index contributed by atoms with van der Waals surface area (Å²) in [5.74, 6) is -0.431. The molecule has 0 aromatic heterocycles. The molecule has 0 radical (unpaired) electrons. The van der Waals surface area contributed by atoms with Crippen LogP contribution in [0.1, 0.15) is 44.6 Å². The number of esters is 1. The smallest absolute Gasteiger partial charge is 0.302 e. The van der Waals surface area contributed by atoms with Crippen molar-refractivity contribution in [3.8, 4) is 11.5 Å². The molecule has 3 rings (SSSR count). The highest BCUT2D eigenvalue weighted by atomic mass is 16.5. The first-order valence-electron chi connectivity index (χ1n) is 11.5. The maximum absolute atomic E-state index is 13.1. The lowest BCUT2D eigenvalue weighted by atomic mass is 9.78. The molecule has 34 heavy (non-hydrogen) atoms. The van der Waals surface area contributed by atoms with Crippen molar-refractivity contribution in [2.75, 3.05) is 34.4 Å². The first-order chi connectivity index (χ1) is 16.2. The van der Waals surface area contributed by atoms with Crippen molar-refractivity contribution in [1.29, 1.82) is 0 Å². The number of methoxy groups -OCH3 is 1. The summed E-state index contributed by atoms with van der Waals surface area (Å²) < 4.78 is 16.6. The molecule has 2 aliphatic rings. The van der Waals surface area contributed by atoms with Gasteiger partial charge in [-0.1, -0.05) is 6.07 Å². The van der Waals surface area contributed by atoms with Gasteiger partial charge in [-0.15, -0.1) is 0 Å². The highest BCUT2D eigenvalue weighted by molar-refractivity contribution is 6.09. The lowest BCUT2D eigenvalue weighted by molar-refractivity contribution is -0.149. The Morgan fingerprint density at radius 1 is 1.24 bits per heavy atom. The number of hydrogen-bond acceptors (Lipinski definition) is 8. The fourth-order valence-electron chi connectivity index (χ4n) is 4.44. The monoisotopic (exact) mass is 474 g/mol. The van der Waals surface area contributed by atoms with Gasteiger partial charge in [0.15, 0.2) is 17.5 Å². The molecule has 0 bridgehead atoms. The molecule has 1 saturated carbocycles. The molecule has 0 spiro atoms. The van der Waals surface area contributed by atoms with E-state index in [1.54, 1.807) is 26.1 Å². The van der Waals surface area contributed by atoms with Crippen LogP contribution in [0.15, 0.2) is 23.2 Å². The van der Waals surface area contributed by atoms with E-state index in [0.717, 1.165) is 5.56 Å². The van der Waals surface area contributed by atoms with Crippen LogP contribution in [0.3, 0.4) is 0 Å². The Labute approximate surface area is 200 Å². The summed E-state index contributed by atoms with van der Waals surface area (Å²) in [6.07, 6.45) is 1.51. The number of ether oxygens (including phenoxy) is 3. The maximum Gasteiger partial charge on any atom is 0.302 e. The number of carbonyl (C=O) groups is 3. The molecule has 2 amide bonds. The molecule has 1 heterocycles. The Bertz CT molecular complexity index is 947. The Kier molecular flexibility index (Phi) is 8.36. The topological polar surface area (TPSA) is 119 Å². The van der Waals surface area contributed by atoms with Crippen molar-refractivity contribution < 1.29 is 28.6 Å². The Balaban J connectivity index is 1.82. The second-order valence-electron chi connectivity index (χ2n) is 8.71. The van der Waals surface area contributed by atoms with Crippen LogP contribution in [0.2, 0.25) is 0 Å². The fraction of sp³-hybridized carbons (Fsp3) is 0.583. The van der Waals surface area contributed by atoms with E-state index in [4.69, 9.17) is 14.2 Å². The summed E-state index contributed by atoms with van der Waals surface area (Å²) in [5, 5.41) is 5.75. The van der Waals surface area contributed by atoms with Crippen molar-refractivity contribution in [3.05, 3.63) is 23.8 Å². The summed E-state index contributed by atoms with van der Waals surface area (Å²) in [6.45, 7) is 3.86. The zero-order valence-electron chi connectivity index (χ0n) is 20.4. The third-order valence-electron chi connectivity index (χ3n) is 6.09. The van der Waals surface area contributed by atoms with Gasteiger partial charge < -0.3 is 24.4 Å². The molecule has 1 unspecified atom stereocenters. The molecule has 1 aliphatic carbocycles. The van der Waals surface area contributed by atoms with Crippen LogP contribution in [-0.4, -0.2) is 75.1 Å². The minimum atomic E-state index is -0.898. The fourth-order valence-corrected chi connectivity index (χ4v) is 4.44. The SMILES string of the molecule is CCOc1cc([C@H]2C[C@H](OC(C)=O)CC[C@H]2NC(=O)C2CN=C(N(C)C)NC2=O)ccc1OC. The Hall–Kier alpha value is -3.30. The van der Waals surface area contributed by atoms with E-state index in [1.807, 2.05) is 25.1 Å². The molecule has 4 atom stereocenters. The van der Waals surface area contributed by atoms with Crippen molar-refractivity contribution in [3.63, 3.8) is 0 Å². The van der Waals surface area contributed by atoms with E-state index in [9.17, 15) is 14.4 Å². The highest BCUT2D eigenvalue weighted by Crippen LogP contribution is 2.38. The van der Waals surface area contributed by atoms with Gasteiger partial charge >= 0.3 is 5.97 Å². The van der Waals surface area contributed by atoms with Crippen molar-refractivity contribution in [1.82, 2.24) is 15.5 Å². The van der Waals surface area contributed by atoms with Gasteiger partial charge in [-0.2, -0.15) is 0 Å². The van der Waals surface area contributed by atoms with Gasteiger partial charge in [0.1, 0.15) is 12.0 Å². The number of hydrogen-bond donors (Lipinski definition) is 2. The number of nitrogens with one attached hydrogen (secondary N) is 2. The van der Waals surface area contributed by atoms with E-state index in [0.29, 0.717) is 43.3 Å². The largest absolute Gasteiger partial charge is 0.493 e. The predicted molar refractivity (Wildman–Crippen MR) is 126 cm³/mol. The van der Waals surface area contributed by atoms with Crippen LogP contribution in [0.4, 0.5) is 0 Å². The van der Waals surface area contributed by atoms with Crippen LogP contribution in [0, 0.1) is 5.92 Å². The molecule has 1 aromatic carbocycles. The summed E-state index contributed by atoms with van der Waals surface area (Å²) >= 11 is 0. The molecule has 10 nitrogen and oxygen atoms in total. The quantitative estimate of drug-likeness (QED) is 0.453. The molecule has 1 aromatic rings. The molecular formula is C24H34N4O6. The first-order valence-corrected chi connectivity index (χ1v) is 11.5. The first kappa shape index (κ1) is 25.3. The van der Waals surface area contributed by atoms with E-state index in [1.165, 1.54) is 6.92 Å². The van der Waals surface area contributed by atoms with E-state index < -0.39 is 5.92 Å². The Morgan fingerprint density at radius 2 is 2.00 bits per heavy atom. The number of nitrogens with zero attached hydrogens (tertiary/aromatic N) is 2. The average molecular weight is 475 g/mol. The number of amides is 2. The third-order valence-corrected chi connectivity index (χ3v) is 6.09. The summed E-state index contributed by atoms with van der Waals surface area (Å²) in [4.78, 5) is 43.2. The average Bonchev–Trinajstić information content (AvgIpc) is 2.79. The number of aliphatic imine (C=N–C) groups is 1. The zero-order chi connectivity index (χ0) is 24.8. The van der Waals surface area contributed by atoms with Gasteiger partial charge in [0, 0.05) is 33.0 Å². The van der Waals surface area contributed by atoms with Crippen LogP contribution in [-0.2, 0) is 19.1 Å². The van der Waals surface area contributed by atoms with Gasteiger partial charge in [-0.25, -0.2) is 0 Å². The number of guanidine groups is 1. The van der Waals surface area contributed by atoms with E-state index in [2.05, 4.69) is 15.6 Å². The van der Waals surface area contributed by atoms with Gasteiger partial charge in [-0.05, 0) is 43.9 Å². The van der Waals surface area contributed by atoms with Crippen LogP contribution >= 0.6 is 0 Å². The van der Waals surface area contributed by atoms with Crippen molar-refractivity contribution >= 4 is 23.7 Å². The normalized spacial score (nSPS) is 24.4. The van der Waals surface area contributed by atoms with Crippen molar-refractivity contribution in [2.24, 2.45) is 10.9 Å². The summed E-state index contributed by atoms with van der Waals surface area (Å²) in [6, 6.07) is 5.43. The minimum Gasteiger partial charge on any atom is -0.493 e. The van der Waals surface area contributed by atoms with Gasteiger partial charge in [-0.3, -0.25) is 24.7 Å². The molecule has 2 N–H and O–H groups in total. The van der Waals surface area contributed by atoms with E-state index >= 15 is 0 Å². The molecule has 1 fully saturated rings.